The van der Waals surface area contributed by atoms with Crippen LogP contribution in [0.4, 0.5) is 0 Å². The van der Waals surface area contributed by atoms with Crippen LogP contribution in [-0.2, 0) is 6.42 Å². The van der Waals surface area contributed by atoms with Crippen LogP contribution < -0.4 is 15.4 Å². The maximum absolute atomic E-state index is 10.6. The summed E-state index contributed by atoms with van der Waals surface area (Å²) in [7, 11) is 0. The van der Waals surface area contributed by atoms with E-state index in [0.717, 1.165) is 36.3 Å². The lowest BCUT2D eigenvalue weighted by Gasteiger charge is -2.15. The van der Waals surface area contributed by atoms with Gasteiger partial charge in [-0.25, -0.2) is 0 Å². The summed E-state index contributed by atoms with van der Waals surface area (Å²) in [6.07, 6.45) is 0.645. The summed E-state index contributed by atoms with van der Waals surface area (Å²) in [4.78, 5) is 4.62. The Labute approximate surface area is 179 Å². The van der Waals surface area contributed by atoms with Crippen molar-refractivity contribution in [1.29, 1.82) is 0 Å². The Balaban J connectivity index is 1.32. The third-order valence-electron chi connectivity index (χ3n) is 6.09. The molecule has 3 N–H and O–H groups in total. The van der Waals surface area contributed by atoms with Gasteiger partial charge in [-0.2, -0.15) is 0 Å². The number of guanidine groups is 1. The van der Waals surface area contributed by atoms with Crippen molar-refractivity contribution >= 4 is 5.96 Å². The summed E-state index contributed by atoms with van der Waals surface area (Å²) in [6, 6.07) is 16.5. The molecule has 0 heterocycles. The van der Waals surface area contributed by atoms with E-state index in [0.29, 0.717) is 18.4 Å². The second kappa shape index (κ2) is 9.09. The molecule has 160 valence electrons. The lowest BCUT2D eigenvalue weighted by Crippen LogP contribution is -2.39. The van der Waals surface area contributed by atoms with Gasteiger partial charge in [0.25, 0.3) is 0 Å². The molecule has 30 heavy (non-hydrogen) atoms. The Bertz CT molecular complexity index is 895. The fourth-order valence-electron chi connectivity index (χ4n) is 4.67. The highest BCUT2D eigenvalue weighted by Gasteiger charge is 2.54. The molecule has 5 nitrogen and oxygen atoms in total. The molecular weight excluding hydrogens is 374 g/mol. The summed E-state index contributed by atoms with van der Waals surface area (Å²) in [5.41, 5.74) is 3.88. The van der Waals surface area contributed by atoms with Gasteiger partial charge in [-0.1, -0.05) is 36.4 Å². The van der Waals surface area contributed by atoms with Gasteiger partial charge in [-0.15, -0.1) is 0 Å². The van der Waals surface area contributed by atoms with Crippen molar-refractivity contribution in [2.45, 2.75) is 45.3 Å². The van der Waals surface area contributed by atoms with Crippen LogP contribution in [0.15, 0.2) is 53.5 Å². The number of fused-ring (bicyclic) bond motifs is 3. The first-order chi connectivity index (χ1) is 14.6. The molecule has 5 heteroatoms. The third kappa shape index (κ3) is 4.62. The number of aliphatic imine (C=N–C) groups is 1. The quantitative estimate of drug-likeness (QED) is 0.462. The van der Waals surface area contributed by atoms with Crippen LogP contribution in [0.5, 0.6) is 5.75 Å². The molecule has 4 atom stereocenters. The van der Waals surface area contributed by atoms with E-state index in [1.165, 1.54) is 17.5 Å². The van der Waals surface area contributed by atoms with Crippen molar-refractivity contribution in [3.05, 3.63) is 65.2 Å². The average molecular weight is 408 g/mol. The van der Waals surface area contributed by atoms with Gasteiger partial charge in [0.15, 0.2) is 5.96 Å². The van der Waals surface area contributed by atoms with Crippen LogP contribution in [0.2, 0.25) is 0 Å². The molecule has 1 saturated carbocycles. The standard InChI is InChI=1S/C25H33N3O2/c1-4-26-25(27-14-22-21-13-17-8-5-6-11-20(17)24(21)22)28-15-23(29)18-9-7-10-19(12-18)30-16(2)3/h5-12,16,21-24,29H,4,13-15H2,1-3H3,(H2,26,27,28). The lowest BCUT2D eigenvalue weighted by atomic mass is 10.0. The van der Waals surface area contributed by atoms with E-state index in [2.05, 4.69) is 46.8 Å². The Morgan fingerprint density at radius 1 is 1.17 bits per heavy atom. The predicted molar refractivity (Wildman–Crippen MR) is 121 cm³/mol. The van der Waals surface area contributed by atoms with Gasteiger partial charge < -0.3 is 20.5 Å². The Morgan fingerprint density at radius 2 is 2.00 bits per heavy atom. The lowest BCUT2D eigenvalue weighted by molar-refractivity contribution is 0.185. The number of hydrogen-bond acceptors (Lipinski definition) is 3. The maximum Gasteiger partial charge on any atom is 0.191 e. The number of nitrogens with one attached hydrogen (secondary N) is 2. The van der Waals surface area contributed by atoms with Crippen molar-refractivity contribution < 1.29 is 9.84 Å². The molecule has 0 aliphatic heterocycles. The minimum Gasteiger partial charge on any atom is -0.491 e. The number of ether oxygens (including phenoxy) is 1. The molecule has 4 unspecified atom stereocenters. The Morgan fingerprint density at radius 3 is 2.80 bits per heavy atom. The van der Waals surface area contributed by atoms with Crippen LogP contribution >= 0.6 is 0 Å². The molecule has 0 radical (unpaired) electrons. The molecular formula is C25H33N3O2. The van der Waals surface area contributed by atoms with Crippen LogP contribution in [0.25, 0.3) is 0 Å². The van der Waals surface area contributed by atoms with E-state index >= 15 is 0 Å². The summed E-state index contributed by atoms with van der Waals surface area (Å²) in [6.45, 7) is 8.06. The van der Waals surface area contributed by atoms with Crippen molar-refractivity contribution in [1.82, 2.24) is 10.6 Å². The molecule has 0 spiro atoms. The highest BCUT2D eigenvalue weighted by molar-refractivity contribution is 5.79. The molecule has 2 aliphatic carbocycles. The van der Waals surface area contributed by atoms with Crippen LogP contribution in [0, 0.1) is 11.8 Å². The molecule has 1 fully saturated rings. The first-order valence-electron chi connectivity index (χ1n) is 11.1. The Hall–Kier alpha value is -2.53. The van der Waals surface area contributed by atoms with Gasteiger partial charge in [0, 0.05) is 13.1 Å². The fourth-order valence-corrected chi connectivity index (χ4v) is 4.67. The first kappa shape index (κ1) is 20.7. The number of benzene rings is 2. The van der Waals surface area contributed by atoms with Gasteiger partial charge in [0.1, 0.15) is 5.75 Å². The third-order valence-corrected chi connectivity index (χ3v) is 6.09. The van der Waals surface area contributed by atoms with Crippen LogP contribution in [0.1, 0.15) is 49.5 Å². The van der Waals surface area contributed by atoms with Gasteiger partial charge >= 0.3 is 0 Å². The van der Waals surface area contributed by atoms with Crippen LogP contribution in [-0.4, -0.2) is 36.8 Å². The zero-order valence-electron chi connectivity index (χ0n) is 18.1. The number of hydrogen-bond donors (Lipinski definition) is 3. The number of rotatable bonds is 8. The van der Waals surface area contributed by atoms with Crippen LogP contribution in [0.3, 0.4) is 0 Å². The highest BCUT2D eigenvalue weighted by Crippen LogP contribution is 2.60. The SMILES string of the molecule is CCNC(=NCC(O)c1cccc(OC(C)C)c1)NCC1C2Cc3ccccc3C12. The van der Waals surface area contributed by atoms with Gasteiger partial charge in [-0.3, -0.25) is 4.99 Å². The minimum atomic E-state index is -0.664. The zero-order valence-corrected chi connectivity index (χ0v) is 18.1. The van der Waals surface area contributed by atoms with E-state index in [4.69, 9.17) is 4.74 Å². The smallest absolute Gasteiger partial charge is 0.191 e. The van der Waals surface area contributed by atoms with E-state index < -0.39 is 6.10 Å². The molecule has 0 amide bonds. The van der Waals surface area contributed by atoms with Crippen molar-refractivity contribution in [2.24, 2.45) is 16.8 Å². The van der Waals surface area contributed by atoms with Crippen molar-refractivity contribution in [3.63, 3.8) is 0 Å². The summed E-state index contributed by atoms with van der Waals surface area (Å²) < 4.78 is 5.73. The Kier molecular flexibility index (Phi) is 6.28. The number of aliphatic hydroxyl groups is 1. The van der Waals surface area contributed by atoms with E-state index in [-0.39, 0.29) is 6.10 Å². The molecule has 2 aromatic rings. The van der Waals surface area contributed by atoms with Gasteiger partial charge in [0.2, 0.25) is 0 Å². The van der Waals surface area contributed by atoms with Gasteiger partial charge in [0.05, 0.1) is 18.8 Å². The molecule has 4 rings (SSSR count). The second-order valence-corrected chi connectivity index (χ2v) is 8.61. The van der Waals surface area contributed by atoms with Crippen molar-refractivity contribution in [2.75, 3.05) is 19.6 Å². The molecule has 0 bridgehead atoms. The number of nitrogens with zero attached hydrogens (tertiary/aromatic N) is 1. The zero-order chi connectivity index (χ0) is 21.1. The first-order valence-corrected chi connectivity index (χ1v) is 11.1. The fraction of sp³-hybridized carbons (Fsp3) is 0.480. The topological polar surface area (TPSA) is 65.9 Å². The summed E-state index contributed by atoms with van der Waals surface area (Å²) in [5, 5.41) is 17.4. The monoisotopic (exact) mass is 407 g/mol. The molecule has 0 saturated heterocycles. The van der Waals surface area contributed by atoms with E-state index in [1.807, 2.05) is 38.1 Å². The highest BCUT2D eigenvalue weighted by atomic mass is 16.5. The second-order valence-electron chi connectivity index (χ2n) is 8.61. The largest absolute Gasteiger partial charge is 0.491 e. The molecule has 2 aliphatic rings. The molecule has 2 aromatic carbocycles. The number of aliphatic hydroxyl groups excluding tert-OH is 1. The summed E-state index contributed by atoms with van der Waals surface area (Å²) >= 11 is 0. The minimum absolute atomic E-state index is 0.105. The predicted octanol–water partition coefficient (Wildman–Crippen LogP) is 3.65. The molecule has 0 aromatic heterocycles. The average Bonchev–Trinajstić information content (AvgIpc) is 3.27. The van der Waals surface area contributed by atoms with Gasteiger partial charge in [-0.05, 0) is 73.8 Å². The van der Waals surface area contributed by atoms with E-state index in [9.17, 15) is 5.11 Å². The normalized spacial score (nSPS) is 23.0. The van der Waals surface area contributed by atoms with Crippen molar-refractivity contribution in [3.8, 4) is 5.75 Å². The van der Waals surface area contributed by atoms with E-state index in [1.54, 1.807) is 0 Å². The summed E-state index contributed by atoms with van der Waals surface area (Å²) in [5.74, 6) is 3.69. The maximum atomic E-state index is 10.6.